The predicted molar refractivity (Wildman–Crippen MR) is 123 cm³/mol. The molecule has 174 valence electrons. The first-order chi connectivity index (χ1) is 15.3. The van der Waals surface area contributed by atoms with E-state index in [-0.39, 0.29) is 19.1 Å². The van der Waals surface area contributed by atoms with Crippen molar-refractivity contribution in [3.63, 3.8) is 0 Å². The van der Waals surface area contributed by atoms with Gasteiger partial charge in [0.2, 0.25) is 10.0 Å². The van der Waals surface area contributed by atoms with Crippen molar-refractivity contribution < 1.29 is 22.7 Å². The van der Waals surface area contributed by atoms with E-state index >= 15 is 0 Å². The van der Waals surface area contributed by atoms with E-state index < -0.39 is 10.0 Å². The number of carbonyl (C=O) groups is 1. The highest BCUT2D eigenvalue weighted by Gasteiger charge is 2.30. The maximum absolute atomic E-state index is 13.0. The van der Waals surface area contributed by atoms with Crippen molar-refractivity contribution in [1.29, 1.82) is 0 Å². The van der Waals surface area contributed by atoms with Gasteiger partial charge in [-0.2, -0.15) is 4.31 Å². The zero-order chi connectivity index (χ0) is 23.3. The molecule has 1 aliphatic rings. The SMILES string of the molecule is COc1ccc(CCNC(=O)N2CCN(S(=O)(=O)c3ccc(C)cc3C)CC2)cc1OC. The number of urea groups is 1. The number of amides is 2. The molecule has 1 N–H and O–H groups in total. The van der Waals surface area contributed by atoms with Crippen LogP contribution >= 0.6 is 0 Å². The lowest BCUT2D eigenvalue weighted by atomic mass is 10.1. The number of nitrogens with zero attached hydrogens (tertiary/aromatic N) is 2. The topological polar surface area (TPSA) is 88.2 Å². The number of ether oxygens (including phenoxy) is 2. The summed E-state index contributed by atoms with van der Waals surface area (Å²) >= 11 is 0. The minimum atomic E-state index is -3.57. The predicted octanol–water partition coefficient (Wildman–Crippen LogP) is 2.58. The van der Waals surface area contributed by atoms with Crippen LogP contribution in [0.15, 0.2) is 41.3 Å². The van der Waals surface area contributed by atoms with E-state index in [4.69, 9.17) is 9.47 Å². The van der Waals surface area contributed by atoms with Crippen LogP contribution in [0.4, 0.5) is 4.79 Å². The van der Waals surface area contributed by atoms with Crippen LogP contribution < -0.4 is 14.8 Å². The van der Waals surface area contributed by atoms with E-state index in [1.165, 1.54) is 4.31 Å². The van der Waals surface area contributed by atoms with Gasteiger partial charge in [0.15, 0.2) is 11.5 Å². The average molecular weight is 462 g/mol. The number of benzene rings is 2. The number of methoxy groups -OCH3 is 2. The van der Waals surface area contributed by atoms with Crippen LogP contribution in [0.3, 0.4) is 0 Å². The van der Waals surface area contributed by atoms with Crippen LogP contribution in [0.2, 0.25) is 0 Å². The molecule has 0 radical (unpaired) electrons. The van der Waals surface area contributed by atoms with Crippen molar-refractivity contribution in [2.75, 3.05) is 46.9 Å². The monoisotopic (exact) mass is 461 g/mol. The summed E-state index contributed by atoms with van der Waals surface area (Å²) in [5.41, 5.74) is 2.78. The fraction of sp³-hybridized carbons (Fsp3) is 0.435. The van der Waals surface area contributed by atoms with Gasteiger partial charge in [-0.15, -0.1) is 0 Å². The summed E-state index contributed by atoms with van der Waals surface area (Å²) < 4.78 is 38.0. The first-order valence-electron chi connectivity index (χ1n) is 10.6. The van der Waals surface area contributed by atoms with Crippen LogP contribution in [-0.4, -0.2) is 70.6 Å². The Hall–Kier alpha value is -2.78. The Bertz CT molecular complexity index is 1060. The summed E-state index contributed by atoms with van der Waals surface area (Å²) in [7, 11) is -0.396. The van der Waals surface area contributed by atoms with Crippen LogP contribution in [0.1, 0.15) is 16.7 Å². The second-order valence-corrected chi connectivity index (χ2v) is 9.74. The molecule has 0 spiro atoms. The molecule has 8 nitrogen and oxygen atoms in total. The molecule has 2 amide bonds. The Morgan fingerprint density at radius 2 is 1.66 bits per heavy atom. The number of rotatable bonds is 7. The summed E-state index contributed by atoms with van der Waals surface area (Å²) in [6, 6.07) is 10.8. The van der Waals surface area contributed by atoms with Crippen molar-refractivity contribution in [3.8, 4) is 11.5 Å². The number of hydrogen-bond donors (Lipinski definition) is 1. The molecule has 1 heterocycles. The van der Waals surface area contributed by atoms with Gasteiger partial charge in [-0.3, -0.25) is 0 Å². The van der Waals surface area contributed by atoms with Crippen molar-refractivity contribution >= 4 is 16.1 Å². The second kappa shape index (κ2) is 10.2. The van der Waals surface area contributed by atoms with E-state index in [9.17, 15) is 13.2 Å². The lowest BCUT2D eigenvalue weighted by Crippen LogP contribution is -2.53. The van der Waals surface area contributed by atoms with Crippen LogP contribution in [0, 0.1) is 13.8 Å². The maximum Gasteiger partial charge on any atom is 0.317 e. The molecular formula is C23H31N3O5S. The number of hydrogen-bond acceptors (Lipinski definition) is 5. The highest BCUT2D eigenvalue weighted by molar-refractivity contribution is 7.89. The number of piperazine rings is 1. The number of carbonyl (C=O) groups excluding carboxylic acids is 1. The Morgan fingerprint density at radius 1 is 0.969 bits per heavy atom. The zero-order valence-electron chi connectivity index (χ0n) is 19.1. The molecule has 9 heteroatoms. The normalized spacial score (nSPS) is 14.8. The van der Waals surface area contributed by atoms with Gasteiger partial charge in [-0.25, -0.2) is 13.2 Å². The Morgan fingerprint density at radius 3 is 2.28 bits per heavy atom. The fourth-order valence-electron chi connectivity index (χ4n) is 3.82. The van der Waals surface area contributed by atoms with Crippen molar-refractivity contribution in [2.45, 2.75) is 25.2 Å². The van der Waals surface area contributed by atoms with Crippen LogP contribution in [0.5, 0.6) is 11.5 Å². The van der Waals surface area contributed by atoms with E-state index in [0.717, 1.165) is 16.7 Å². The minimum Gasteiger partial charge on any atom is -0.493 e. The van der Waals surface area contributed by atoms with Gasteiger partial charge in [0, 0.05) is 32.7 Å². The third-order valence-electron chi connectivity index (χ3n) is 5.61. The summed E-state index contributed by atoms with van der Waals surface area (Å²) in [6.07, 6.45) is 0.646. The quantitative estimate of drug-likeness (QED) is 0.685. The van der Waals surface area contributed by atoms with Crippen LogP contribution in [0.25, 0.3) is 0 Å². The molecule has 32 heavy (non-hydrogen) atoms. The van der Waals surface area contributed by atoms with Gasteiger partial charge in [-0.1, -0.05) is 23.8 Å². The lowest BCUT2D eigenvalue weighted by Gasteiger charge is -2.34. The molecule has 1 saturated heterocycles. The minimum absolute atomic E-state index is 0.186. The molecule has 0 atom stereocenters. The fourth-order valence-corrected chi connectivity index (χ4v) is 5.45. The molecule has 3 rings (SSSR count). The number of sulfonamides is 1. The molecule has 0 bridgehead atoms. The van der Waals surface area contributed by atoms with Gasteiger partial charge in [-0.05, 0) is 49.6 Å². The molecule has 0 saturated carbocycles. The van der Waals surface area contributed by atoms with Gasteiger partial charge >= 0.3 is 6.03 Å². The van der Waals surface area contributed by atoms with Crippen molar-refractivity contribution in [1.82, 2.24) is 14.5 Å². The Balaban J connectivity index is 1.51. The highest BCUT2D eigenvalue weighted by Crippen LogP contribution is 2.27. The molecule has 2 aromatic carbocycles. The Kier molecular flexibility index (Phi) is 7.63. The molecule has 1 fully saturated rings. The van der Waals surface area contributed by atoms with Gasteiger partial charge in [0.05, 0.1) is 19.1 Å². The highest BCUT2D eigenvalue weighted by atomic mass is 32.2. The molecule has 2 aromatic rings. The molecular weight excluding hydrogens is 430 g/mol. The molecule has 1 aliphatic heterocycles. The third-order valence-corrected chi connectivity index (χ3v) is 7.67. The lowest BCUT2D eigenvalue weighted by molar-refractivity contribution is 0.172. The first kappa shape index (κ1) is 23.9. The maximum atomic E-state index is 13.0. The standard InChI is InChI=1S/C23H31N3O5S/c1-17-5-8-22(18(2)15-17)32(28,29)26-13-11-25(12-14-26)23(27)24-10-9-19-6-7-20(30-3)21(16-19)31-4/h5-8,15-16H,9-14H2,1-4H3,(H,24,27). The van der Waals surface area contributed by atoms with Gasteiger partial charge in [0.1, 0.15) is 0 Å². The van der Waals surface area contributed by atoms with E-state index in [1.54, 1.807) is 25.2 Å². The smallest absolute Gasteiger partial charge is 0.317 e. The summed E-state index contributed by atoms with van der Waals surface area (Å²) in [5, 5.41) is 2.91. The Labute approximate surface area is 190 Å². The molecule has 0 aromatic heterocycles. The number of nitrogens with one attached hydrogen (secondary N) is 1. The van der Waals surface area contributed by atoms with Crippen molar-refractivity contribution in [2.24, 2.45) is 0 Å². The second-order valence-electron chi connectivity index (χ2n) is 7.83. The summed E-state index contributed by atoms with van der Waals surface area (Å²) in [5.74, 6) is 1.31. The van der Waals surface area contributed by atoms with E-state index in [0.29, 0.717) is 42.4 Å². The third kappa shape index (κ3) is 5.34. The summed E-state index contributed by atoms with van der Waals surface area (Å²) in [4.78, 5) is 14.5. The van der Waals surface area contributed by atoms with Gasteiger partial charge in [0.25, 0.3) is 0 Å². The summed E-state index contributed by atoms with van der Waals surface area (Å²) in [6.45, 7) is 5.47. The first-order valence-corrected chi connectivity index (χ1v) is 12.0. The average Bonchev–Trinajstić information content (AvgIpc) is 2.78. The largest absolute Gasteiger partial charge is 0.493 e. The van der Waals surface area contributed by atoms with E-state index in [2.05, 4.69) is 5.32 Å². The van der Waals surface area contributed by atoms with Crippen LogP contribution in [-0.2, 0) is 16.4 Å². The van der Waals surface area contributed by atoms with Crippen molar-refractivity contribution in [3.05, 3.63) is 53.1 Å². The molecule has 0 aliphatic carbocycles. The van der Waals surface area contributed by atoms with Gasteiger partial charge < -0.3 is 19.7 Å². The van der Waals surface area contributed by atoms with E-state index in [1.807, 2.05) is 44.2 Å². The number of aryl methyl sites for hydroxylation is 2. The zero-order valence-corrected chi connectivity index (χ0v) is 19.9. The molecule has 0 unspecified atom stereocenters.